The zero-order valence-electron chi connectivity index (χ0n) is 13.1. The molecular weight excluding hydrogens is 282 g/mol. The van der Waals surface area contributed by atoms with Crippen LogP contribution < -0.4 is 10.6 Å². The first-order valence-electron chi connectivity index (χ1n) is 7.51. The van der Waals surface area contributed by atoms with Gasteiger partial charge in [0.15, 0.2) is 0 Å². The van der Waals surface area contributed by atoms with Gasteiger partial charge in [-0.05, 0) is 25.3 Å². The number of rotatable bonds is 3. The van der Waals surface area contributed by atoms with E-state index in [9.17, 15) is 9.59 Å². The van der Waals surface area contributed by atoms with Crippen LogP contribution in [0.4, 0.5) is 9.59 Å². The highest BCUT2D eigenvalue weighted by Crippen LogP contribution is 2.11. The van der Waals surface area contributed by atoms with E-state index in [2.05, 4.69) is 10.6 Å². The third-order valence-corrected chi connectivity index (χ3v) is 3.72. The molecule has 1 aromatic rings. The van der Waals surface area contributed by atoms with Crippen molar-refractivity contribution < 1.29 is 14.3 Å². The van der Waals surface area contributed by atoms with Crippen LogP contribution in [-0.4, -0.2) is 43.3 Å². The van der Waals surface area contributed by atoms with E-state index >= 15 is 0 Å². The van der Waals surface area contributed by atoms with E-state index < -0.39 is 0 Å². The predicted molar refractivity (Wildman–Crippen MR) is 83.6 cm³/mol. The lowest BCUT2D eigenvalue weighted by molar-refractivity contribution is 0.108. The monoisotopic (exact) mass is 305 g/mol. The molecule has 0 radical (unpaired) electrons. The highest BCUT2D eigenvalue weighted by molar-refractivity contribution is 5.74. The quantitative estimate of drug-likeness (QED) is 0.897. The zero-order chi connectivity index (χ0) is 15.9. The van der Waals surface area contributed by atoms with Crippen LogP contribution in [0.3, 0.4) is 0 Å². The number of nitrogens with zero attached hydrogens (tertiary/aromatic N) is 1. The first kappa shape index (κ1) is 16.1. The van der Waals surface area contributed by atoms with Crippen molar-refractivity contribution in [3.8, 4) is 0 Å². The van der Waals surface area contributed by atoms with Gasteiger partial charge in [0.1, 0.15) is 0 Å². The number of nitrogens with one attached hydrogen (secondary N) is 2. The van der Waals surface area contributed by atoms with E-state index in [0.29, 0.717) is 19.6 Å². The summed E-state index contributed by atoms with van der Waals surface area (Å²) in [7, 11) is 1.37. The first-order valence-corrected chi connectivity index (χ1v) is 7.51. The minimum Gasteiger partial charge on any atom is -0.453 e. The Hall–Kier alpha value is -2.24. The standard InChI is InChI=1S/C16H23N3O3/c1-12-5-3-6-13(9-12)10-17-15(20)18-14-7-4-8-19(11-14)16(21)22-2/h3,5-6,9,14H,4,7-8,10-11H2,1-2H3,(H2,17,18,20). The molecule has 1 aliphatic rings. The number of hydrogen-bond donors (Lipinski definition) is 2. The number of ether oxygens (including phenoxy) is 1. The molecule has 0 aliphatic carbocycles. The summed E-state index contributed by atoms with van der Waals surface area (Å²) in [4.78, 5) is 25.1. The number of aryl methyl sites for hydroxylation is 1. The van der Waals surface area contributed by atoms with E-state index in [1.54, 1.807) is 4.90 Å². The summed E-state index contributed by atoms with van der Waals surface area (Å²) in [5, 5.41) is 5.76. The maximum atomic E-state index is 12.0. The second-order valence-electron chi connectivity index (χ2n) is 5.57. The lowest BCUT2D eigenvalue weighted by Gasteiger charge is -2.32. The van der Waals surface area contributed by atoms with Crippen molar-refractivity contribution in [3.63, 3.8) is 0 Å². The average Bonchev–Trinajstić information content (AvgIpc) is 2.52. The van der Waals surface area contributed by atoms with Crippen LogP contribution in [0.15, 0.2) is 24.3 Å². The van der Waals surface area contributed by atoms with Crippen molar-refractivity contribution in [2.45, 2.75) is 32.4 Å². The second kappa shape index (κ2) is 7.68. The van der Waals surface area contributed by atoms with Gasteiger partial charge in [-0.2, -0.15) is 0 Å². The van der Waals surface area contributed by atoms with Gasteiger partial charge in [-0.25, -0.2) is 9.59 Å². The number of likely N-dealkylation sites (tertiary alicyclic amines) is 1. The summed E-state index contributed by atoms with van der Waals surface area (Å²) in [6.07, 6.45) is 1.38. The highest BCUT2D eigenvalue weighted by Gasteiger charge is 2.25. The summed E-state index contributed by atoms with van der Waals surface area (Å²) < 4.78 is 4.72. The molecule has 0 spiro atoms. The van der Waals surface area contributed by atoms with E-state index in [4.69, 9.17) is 4.74 Å². The average molecular weight is 305 g/mol. The topological polar surface area (TPSA) is 70.7 Å². The molecule has 2 N–H and O–H groups in total. The van der Waals surface area contributed by atoms with Gasteiger partial charge in [-0.3, -0.25) is 0 Å². The molecule has 1 aliphatic heterocycles. The molecule has 2 rings (SSSR count). The fraction of sp³-hybridized carbons (Fsp3) is 0.500. The number of carbonyl (C=O) groups excluding carboxylic acids is 2. The van der Waals surface area contributed by atoms with E-state index in [1.807, 2.05) is 31.2 Å². The van der Waals surface area contributed by atoms with Crippen molar-refractivity contribution >= 4 is 12.1 Å². The van der Waals surface area contributed by atoms with Gasteiger partial charge in [0.05, 0.1) is 7.11 Å². The summed E-state index contributed by atoms with van der Waals surface area (Å²) in [6.45, 7) is 3.67. The Kier molecular flexibility index (Phi) is 5.63. The minimum absolute atomic E-state index is 0.0367. The molecule has 0 bridgehead atoms. The Labute approximate surface area is 130 Å². The molecule has 0 saturated carbocycles. The molecule has 1 atom stereocenters. The number of hydrogen-bond acceptors (Lipinski definition) is 3. The molecule has 22 heavy (non-hydrogen) atoms. The Balaban J connectivity index is 1.78. The zero-order valence-corrected chi connectivity index (χ0v) is 13.1. The molecule has 1 saturated heterocycles. The van der Waals surface area contributed by atoms with Crippen LogP contribution in [0.25, 0.3) is 0 Å². The molecular formula is C16H23N3O3. The molecule has 6 heteroatoms. The largest absolute Gasteiger partial charge is 0.453 e. The SMILES string of the molecule is COC(=O)N1CCCC(NC(=O)NCc2cccc(C)c2)C1. The van der Waals surface area contributed by atoms with Crippen molar-refractivity contribution in [2.75, 3.05) is 20.2 Å². The summed E-state index contributed by atoms with van der Waals surface area (Å²) >= 11 is 0. The molecule has 1 unspecified atom stereocenters. The maximum absolute atomic E-state index is 12.0. The Morgan fingerprint density at radius 2 is 2.23 bits per heavy atom. The molecule has 1 heterocycles. The summed E-state index contributed by atoms with van der Waals surface area (Å²) in [5.41, 5.74) is 2.23. The Bertz CT molecular complexity index is 533. The molecule has 1 fully saturated rings. The summed E-state index contributed by atoms with van der Waals surface area (Å²) in [6, 6.07) is 7.77. The number of benzene rings is 1. The Morgan fingerprint density at radius 1 is 1.41 bits per heavy atom. The number of carbonyl (C=O) groups is 2. The fourth-order valence-electron chi connectivity index (χ4n) is 2.63. The van der Waals surface area contributed by atoms with Gasteiger partial charge in [0.2, 0.25) is 0 Å². The number of amides is 3. The maximum Gasteiger partial charge on any atom is 0.409 e. The highest BCUT2D eigenvalue weighted by atomic mass is 16.5. The van der Waals surface area contributed by atoms with Crippen molar-refractivity contribution in [1.29, 1.82) is 0 Å². The predicted octanol–water partition coefficient (Wildman–Crippen LogP) is 2.03. The van der Waals surface area contributed by atoms with Gasteiger partial charge < -0.3 is 20.3 Å². The molecule has 6 nitrogen and oxygen atoms in total. The van der Waals surface area contributed by atoms with E-state index in [1.165, 1.54) is 12.7 Å². The van der Waals surface area contributed by atoms with Crippen molar-refractivity contribution in [3.05, 3.63) is 35.4 Å². The lowest BCUT2D eigenvalue weighted by atomic mass is 10.1. The third kappa shape index (κ3) is 4.65. The van der Waals surface area contributed by atoms with Gasteiger partial charge in [0, 0.05) is 25.7 Å². The second-order valence-corrected chi connectivity index (χ2v) is 5.57. The van der Waals surface area contributed by atoms with Crippen LogP contribution in [-0.2, 0) is 11.3 Å². The number of urea groups is 1. The van der Waals surface area contributed by atoms with E-state index in [-0.39, 0.29) is 18.2 Å². The van der Waals surface area contributed by atoms with Crippen molar-refractivity contribution in [2.24, 2.45) is 0 Å². The normalized spacial score (nSPS) is 17.7. The molecule has 1 aromatic carbocycles. The molecule has 3 amide bonds. The van der Waals surface area contributed by atoms with Gasteiger partial charge in [-0.15, -0.1) is 0 Å². The smallest absolute Gasteiger partial charge is 0.409 e. The fourth-order valence-corrected chi connectivity index (χ4v) is 2.63. The third-order valence-electron chi connectivity index (χ3n) is 3.72. The van der Waals surface area contributed by atoms with Crippen LogP contribution in [0.5, 0.6) is 0 Å². The lowest BCUT2D eigenvalue weighted by Crippen LogP contribution is -2.51. The minimum atomic E-state index is -0.341. The first-order chi connectivity index (χ1) is 10.6. The van der Waals surface area contributed by atoms with Crippen molar-refractivity contribution in [1.82, 2.24) is 15.5 Å². The summed E-state index contributed by atoms with van der Waals surface area (Å²) in [5.74, 6) is 0. The molecule has 0 aromatic heterocycles. The van der Waals surface area contributed by atoms with Crippen LogP contribution in [0.1, 0.15) is 24.0 Å². The molecule has 120 valence electrons. The van der Waals surface area contributed by atoms with Crippen LogP contribution >= 0.6 is 0 Å². The van der Waals surface area contributed by atoms with Gasteiger partial charge >= 0.3 is 12.1 Å². The Morgan fingerprint density at radius 3 is 2.95 bits per heavy atom. The van der Waals surface area contributed by atoms with Crippen LogP contribution in [0, 0.1) is 6.92 Å². The van der Waals surface area contributed by atoms with Gasteiger partial charge in [-0.1, -0.05) is 29.8 Å². The van der Waals surface area contributed by atoms with E-state index in [0.717, 1.165) is 18.4 Å². The number of piperidine rings is 1. The van der Waals surface area contributed by atoms with Gasteiger partial charge in [0.25, 0.3) is 0 Å². The van der Waals surface area contributed by atoms with Crippen LogP contribution in [0.2, 0.25) is 0 Å². The number of methoxy groups -OCH3 is 1.